The van der Waals surface area contributed by atoms with E-state index in [-0.39, 0.29) is 23.1 Å². The molecule has 10 aromatic rings. The van der Waals surface area contributed by atoms with E-state index in [1.807, 2.05) is 0 Å². The molecule has 0 unspecified atom stereocenters. The number of nitrogens with zero attached hydrogens (tertiary/aromatic N) is 2. The van der Waals surface area contributed by atoms with Gasteiger partial charge in [0.25, 0.3) is 0 Å². The van der Waals surface area contributed by atoms with E-state index in [2.05, 4.69) is 239 Å². The first kappa shape index (κ1) is 40.3. The third-order valence-electron chi connectivity index (χ3n) is 17.7. The van der Waals surface area contributed by atoms with Crippen LogP contribution >= 0.6 is 0 Å². The number of benzene rings is 9. The van der Waals surface area contributed by atoms with Gasteiger partial charge >= 0.3 is 6.85 Å². The summed E-state index contributed by atoms with van der Waals surface area (Å²) < 4.78 is 6.89. The van der Waals surface area contributed by atoms with Gasteiger partial charge in [0.15, 0.2) is 0 Å². The minimum Gasteiger partial charge on any atom is -0.456 e. The van der Waals surface area contributed by atoms with Gasteiger partial charge in [-0.15, -0.1) is 0 Å². The monoisotopic (exact) mass is 900 g/mol. The average molecular weight is 901 g/mol. The first-order valence-corrected chi connectivity index (χ1v) is 25.3. The zero-order valence-electron chi connectivity index (χ0n) is 40.7. The number of fused-ring (bicyclic) bond motifs is 14. The molecule has 70 heavy (non-hydrogen) atoms. The predicted molar refractivity (Wildman–Crippen MR) is 292 cm³/mol. The smallest absolute Gasteiger partial charge is 0.333 e. The SMILES string of the molecule is CC1(C)CCC(C)(C)c2cc(N3B4c5cccc6c5N(c5ccccc5C6(c5ccccc5)c5ccccc5)c5cc6c(c(c54)-c4cc5c(cc43)oc3ccccc35)C(C)(C)c3ccccc3-6)ccc21. The average Bonchev–Trinajstić information content (AvgIpc) is 3.86. The Morgan fingerprint density at radius 1 is 0.457 bits per heavy atom. The molecule has 0 N–H and O–H groups in total. The molecule has 336 valence electrons. The van der Waals surface area contributed by atoms with Gasteiger partial charge in [0, 0.05) is 50.6 Å². The molecule has 3 nitrogen and oxygen atoms in total. The maximum Gasteiger partial charge on any atom is 0.333 e. The van der Waals surface area contributed by atoms with Crippen LogP contribution < -0.4 is 20.6 Å². The first-order valence-electron chi connectivity index (χ1n) is 25.3. The molecule has 0 bridgehead atoms. The van der Waals surface area contributed by atoms with Gasteiger partial charge in [0.1, 0.15) is 11.2 Å². The molecule has 0 fully saturated rings. The number of rotatable bonds is 3. The van der Waals surface area contributed by atoms with Crippen molar-refractivity contribution < 1.29 is 4.42 Å². The van der Waals surface area contributed by atoms with E-state index in [9.17, 15) is 0 Å². The highest BCUT2D eigenvalue weighted by molar-refractivity contribution is 6.93. The van der Waals surface area contributed by atoms with E-state index in [1.54, 1.807) is 0 Å². The van der Waals surface area contributed by atoms with E-state index < -0.39 is 5.41 Å². The van der Waals surface area contributed by atoms with Crippen molar-refractivity contribution >= 4 is 68.1 Å². The molecule has 9 aromatic carbocycles. The lowest BCUT2D eigenvalue weighted by atomic mass is 9.41. The van der Waals surface area contributed by atoms with Crippen molar-refractivity contribution in [2.75, 3.05) is 9.71 Å². The number of hydrogen-bond acceptors (Lipinski definition) is 3. The lowest BCUT2D eigenvalue weighted by Crippen LogP contribution is -2.63. The van der Waals surface area contributed by atoms with Crippen LogP contribution in [-0.4, -0.2) is 6.85 Å². The van der Waals surface area contributed by atoms with Crippen molar-refractivity contribution in [2.24, 2.45) is 0 Å². The van der Waals surface area contributed by atoms with Crippen LogP contribution in [-0.2, 0) is 21.7 Å². The fourth-order valence-electron chi connectivity index (χ4n) is 14.4. The van der Waals surface area contributed by atoms with Gasteiger partial charge in [-0.3, -0.25) is 0 Å². The normalized spacial score (nSPS) is 17.5. The lowest BCUT2D eigenvalue weighted by molar-refractivity contribution is 0.332. The molecule has 0 spiro atoms. The quantitative estimate of drug-likeness (QED) is 0.165. The molecule has 0 saturated carbocycles. The zero-order valence-corrected chi connectivity index (χ0v) is 40.7. The second-order valence-electron chi connectivity index (χ2n) is 22.6. The summed E-state index contributed by atoms with van der Waals surface area (Å²) in [4.78, 5) is 5.41. The van der Waals surface area contributed by atoms with Gasteiger partial charge in [-0.25, -0.2) is 0 Å². The molecule has 0 saturated heterocycles. The topological polar surface area (TPSA) is 19.6 Å². The van der Waals surface area contributed by atoms with Crippen molar-refractivity contribution in [3.05, 3.63) is 233 Å². The van der Waals surface area contributed by atoms with Crippen LogP contribution in [0, 0.1) is 0 Å². The van der Waals surface area contributed by atoms with Crippen LogP contribution in [0.5, 0.6) is 0 Å². The van der Waals surface area contributed by atoms with Crippen LogP contribution in [0.1, 0.15) is 98.9 Å². The predicted octanol–water partition coefficient (Wildman–Crippen LogP) is 15.6. The maximum absolute atomic E-state index is 6.89. The van der Waals surface area contributed by atoms with Crippen molar-refractivity contribution in [3.63, 3.8) is 0 Å². The van der Waals surface area contributed by atoms with Gasteiger partial charge in [0.05, 0.1) is 11.1 Å². The standard InChI is InChI=1S/C66H53BN2O/c1-63(2)34-35-64(3,4)52-36-42(32-33-49(52)63)69-55-39-58-45(44-25-14-18-31-57(44)70-58)37-47(55)59-60-46(43-24-13-15-26-48(43)65(60,5)6)38-56-61(59)67(69)53-29-19-28-51-62(53)68(56)54-30-17-16-27-50(54)66(51,40-20-9-7-10-21-40)41-22-11-8-12-23-41/h7-33,36-39H,34-35H2,1-6H3. The fraction of sp³-hybridized carbons (Fsp3) is 0.182. The molecule has 4 heteroatoms. The molecule has 1 aromatic heterocycles. The molecule has 0 atom stereocenters. The lowest BCUT2D eigenvalue weighted by Gasteiger charge is -2.52. The van der Waals surface area contributed by atoms with Crippen LogP contribution in [0.3, 0.4) is 0 Å². The molecule has 4 heterocycles. The molecular weight excluding hydrogens is 848 g/mol. The third kappa shape index (κ3) is 4.96. The second-order valence-corrected chi connectivity index (χ2v) is 22.6. The van der Waals surface area contributed by atoms with Gasteiger partial charge in [-0.2, -0.15) is 0 Å². The van der Waals surface area contributed by atoms with Gasteiger partial charge in [-0.05, 0) is 132 Å². The molecule has 0 amide bonds. The number of furan rings is 1. The Bertz CT molecular complexity index is 3860. The van der Waals surface area contributed by atoms with Crippen molar-refractivity contribution in [1.82, 2.24) is 0 Å². The van der Waals surface area contributed by atoms with E-state index in [0.717, 1.165) is 28.4 Å². The summed E-state index contributed by atoms with van der Waals surface area (Å²) in [5.74, 6) is 0. The minimum atomic E-state index is -0.605. The van der Waals surface area contributed by atoms with Crippen molar-refractivity contribution in [3.8, 4) is 22.3 Å². The highest BCUT2D eigenvalue weighted by Gasteiger charge is 2.55. The number of para-hydroxylation sites is 3. The Hall–Kier alpha value is -7.56. The van der Waals surface area contributed by atoms with E-state index in [4.69, 9.17) is 4.42 Å². The van der Waals surface area contributed by atoms with Crippen LogP contribution in [0.2, 0.25) is 0 Å². The summed E-state index contributed by atoms with van der Waals surface area (Å²) in [6.45, 7) is 14.5. The van der Waals surface area contributed by atoms with Crippen molar-refractivity contribution in [1.29, 1.82) is 0 Å². The van der Waals surface area contributed by atoms with E-state index in [0.29, 0.717) is 0 Å². The summed E-state index contributed by atoms with van der Waals surface area (Å²) in [7, 11) is 0. The molecule has 3 aliphatic heterocycles. The third-order valence-corrected chi connectivity index (χ3v) is 17.7. The van der Waals surface area contributed by atoms with Crippen LogP contribution in [0.4, 0.5) is 28.4 Å². The second kappa shape index (κ2) is 13.6. The Morgan fingerprint density at radius 2 is 1.11 bits per heavy atom. The molecule has 5 aliphatic rings. The number of hydrogen-bond donors (Lipinski definition) is 0. The van der Waals surface area contributed by atoms with Gasteiger partial charge < -0.3 is 14.1 Å². The fourth-order valence-corrected chi connectivity index (χ4v) is 14.4. The first-order chi connectivity index (χ1) is 34.0. The maximum atomic E-state index is 6.89. The number of anilines is 5. The highest BCUT2D eigenvalue weighted by atomic mass is 16.3. The Labute approximate surface area is 411 Å². The zero-order chi connectivity index (χ0) is 47.1. The summed E-state index contributed by atoms with van der Waals surface area (Å²) >= 11 is 0. The summed E-state index contributed by atoms with van der Waals surface area (Å²) in [6, 6.07) is 71.8. The molecule has 2 aliphatic carbocycles. The Morgan fingerprint density at radius 3 is 1.89 bits per heavy atom. The minimum absolute atomic E-state index is 0.0197. The largest absolute Gasteiger partial charge is 0.456 e. The van der Waals surface area contributed by atoms with Gasteiger partial charge in [0.2, 0.25) is 0 Å². The molecule has 15 rings (SSSR count). The Kier molecular flexibility index (Phi) is 7.84. The summed E-state index contributed by atoms with van der Waals surface area (Å²) in [5, 5.41) is 2.30. The summed E-state index contributed by atoms with van der Waals surface area (Å²) in [5.41, 5.74) is 25.9. The van der Waals surface area contributed by atoms with Crippen LogP contribution in [0.25, 0.3) is 44.2 Å². The van der Waals surface area contributed by atoms with Crippen molar-refractivity contribution in [2.45, 2.75) is 76.0 Å². The summed E-state index contributed by atoms with van der Waals surface area (Å²) in [6.07, 6.45) is 2.32. The van der Waals surface area contributed by atoms with E-state index >= 15 is 0 Å². The Balaban J connectivity index is 1.14. The molecular formula is C66H53BN2O. The van der Waals surface area contributed by atoms with E-state index in [1.165, 1.54) is 113 Å². The van der Waals surface area contributed by atoms with Crippen LogP contribution in [0.15, 0.2) is 192 Å². The molecule has 0 radical (unpaired) electrons. The van der Waals surface area contributed by atoms with Gasteiger partial charge in [-0.1, -0.05) is 187 Å². The highest BCUT2D eigenvalue weighted by Crippen LogP contribution is 2.63.